The van der Waals surface area contributed by atoms with Crippen LogP contribution in [0.15, 0.2) is 89.4 Å². The van der Waals surface area contributed by atoms with Gasteiger partial charge in [0.2, 0.25) is 0 Å². The van der Waals surface area contributed by atoms with Crippen LogP contribution in [0.4, 0.5) is 0 Å². The Hall–Kier alpha value is -0.700. The largest absolute Gasteiger partial charge is 1.00 e. The van der Waals surface area contributed by atoms with Crippen molar-refractivity contribution in [2.45, 2.75) is 20.0 Å². The van der Waals surface area contributed by atoms with Gasteiger partial charge in [0, 0.05) is 0 Å². The van der Waals surface area contributed by atoms with Crippen molar-refractivity contribution in [3.8, 4) is 0 Å². The van der Waals surface area contributed by atoms with Gasteiger partial charge in [-0.25, -0.2) is 0 Å². The molecule has 0 radical (unpaired) electrons. The molecule has 30 heavy (non-hydrogen) atoms. The van der Waals surface area contributed by atoms with Crippen molar-refractivity contribution in [3.05, 3.63) is 95.0 Å². The molecule has 5 rings (SSSR count). The number of fused-ring (bicyclic) bond motifs is 4. The topological polar surface area (TPSA) is 0 Å². The Labute approximate surface area is 215 Å². The van der Waals surface area contributed by atoms with Gasteiger partial charge in [-0.05, 0) is 4.47 Å². The van der Waals surface area contributed by atoms with Gasteiger partial charge in [-0.1, -0.05) is 65.3 Å². The monoisotopic (exact) mass is 590 g/mol. The van der Waals surface area contributed by atoms with Crippen molar-refractivity contribution in [2.24, 2.45) is 0 Å². The van der Waals surface area contributed by atoms with E-state index < -0.39 is 0 Å². The molecule has 0 bridgehead atoms. The van der Waals surface area contributed by atoms with Gasteiger partial charge in [0.15, 0.2) is 0 Å². The van der Waals surface area contributed by atoms with Gasteiger partial charge in [0.25, 0.3) is 0 Å². The maximum absolute atomic E-state index is 3.51. The first-order valence-electron chi connectivity index (χ1n) is 9.32. The Kier molecular flexibility index (Phi) is 11.8. The molecule has 0 spiro atoms. The molecular weight excluding hydrogens is 570 g/mol. The summed E-state index contributed by atoms with van der Waals surface area (Å²) in [7, 11) is 0. The summed E-state index contributed by atoms with van der Waals surface area (Å²) in [4.78, 5) is 0. The molecule has 0 N–H and O–H groups in total. The summed E-state index contributed by atoms with van der Waals surface area (Å²) in [5.41, 5.74) is 1.54. The van der Waals surface area contributed by atoms with Gasteiger partial charge in [0.05, 0.1) is 0 Å². The van der Waals surface area contributed by atoms with E-state index in [0.717, 1.165) is 0 Å². The third-order valence-corrected chi connectivity index (χ3v) is 5.06. The summed E-state index contributed by atoms with van der Waals surface area (Å²) < 4.78 is 1.18. The van der Waals surface area contributed by atoms with Crippen LogP contribution in [0.25, 0.3) is 32.3 Å². The fourth-order valence-corrected chi connectivity index (χ4v) is 3.75. The molecule has 0 saturated heterocycles. The summed E-state index contributed by atoms with van der Waals surface area (Å²) in [5.74, 6) is 0. The third kappa shape index (κ3) is 7.18. The molecule has 0 unspecified atom stereocenters. The molecule has 0 amide bonds. The number of benzene rings is 3. The van der Waals surface area contributed by atoms with Gasteiger partial charge < -0.3 is 24.8 Å². The van der Waals surface area contributed by atoms with Gasteiger partial charge in [-0.3, -0.25) is 0 Å². The van der Waals surface area contributed by atoms with Gasteiger partial charge in [-0.15, -0.1) is 74.3 Å². The predicted molar refractivity (Wildman–Crippen MR) is 127 cm³/mol. The van der Waals surface area contributed by atoms with E-state index >= 15 is 0 Å². The van der Waals surface area contributed by atoms with Crippen molar-refractivity contribution in [1.82, 2.24) is 0 Å². The first-order chi connectivity index (χ1) is 13.5. The molecule has 0 saturated carbocycles. The van der Waals surface area contributed by atoms with Crippen molar-refractivity contribution >= 4 is 53.7 Å². The molecule has 0 aliphatic carbocycles. The summed E-state index contributed by atoms with van der Waals surface area (Å²) in [6.45, 7) is 6.73. The first kappa shape index (κ1) is 27.3. The maximum atomic E-state index is 3.51. The zero-order valence-corrected chi connectivity index (χ0v) is 23.8. The Balaban J connectivity index is 0.000000244. The van der Waals surface area contributed by atoms with Crippen LogP contribution in [-0.4, -0.2) is 5.43 Å². The van der Waals surface area contributed by atoms with Crippen LogP contribution in [0.5, 0.6) is 0 Å². The van der Waals surface area contributed by atoms with Crippen molar-refractivity contribution in [3.63, 3.8) is 0 Å². The van der Waals surface area contributed by atoms with Crippen molar-refractivity contribution < 1.29 is 48.1 Å². The van der Waals surface area contributed by atoms with Crippen LogP contribution in [0, 0.1) is 6.92 Å². The van der Waals surface area contributed by atoms with Crippen LogP contribution in [0.1, 0.15) is 5.56 Å². The fourth-order valence-electron chi connectivity index (χ4n) is 3.25. The van der Waals surface area contributed by atoms with Crippen molar-refractivity contribution in [1.29, 1.82) is 0 Å². The normalized spacial score (nSPS) is 9.67. The molecule has 5 aromatic carbocycles. The molecule has 0 nitrogen and oxygen atoms in total. The van der Waals surface area contributed by atoms with E-state index in [9.17, 15) is 0 Å². The average Bonchev–Trinajstić information content (AvgIpc) is 3.22. The minimum Gasteiger partial charge on any atom is -1.00 e. The Bertz CT molecular complexity index is 1190. The maximum Gasteiger partial charge on any atom is -0.0262 e. The standard InChI is InChI=1S/C13H9.C10H8Br.C2H6Si.2ClH.Zr/c1-3-7-12-10(5-1)9-11-6-2-4-8-13(11)12;1-7-5-8-3-2-4-10(11)9(8)6-7;1-3-2;;;/h1-9H;2-6H,1H3;1-2H3;2*1H;/q2*-1;;;;+2/p-2. The van der Waals surface area contributed by atoms with E-state index in [1.54, 1.807) is 23.3 Å². The van der Waals surface area contributed by atoms with Crippen LogP contribution in [0.3, 0.4) is 0 Å². The second-order valence-corrected chi connectivity index (χ2v) is 17.3. The zero-order valence-electron chi connectivity index (χ0n) is 17.2. The molecule has 0 aliphatic heterocycles. The molecule has 154 valence electrons. The SMILES string of the molecule is C[Si](C)=[Zr+2].Cc1cc2c(Br)cccc2[cH-]1.[Cl-].[Cl-].c1ccc2c(c1)[cH-]c1ccccc12. The van der Waals surface area contributed by atoms with Crippen molar-refractivity contribution in [2.75, 3.05) is 0 Å². The molecule has 0 aromatic heterocycles. The smallest absolute Gasteiger partial charge is 0.0262 e. The van der Waals surface area contributed by atoms with E-state index in [4.69, 9.17) is 0 Å². The molecular formula is C25H23BrCl2SiZr-2. The summed E-state index contributed by atoms with van der Waals surface area (Å²) in [5, 5.41) is 8.02. The average molecular weight is 594 g/mol. The molecule has 0 atom stereocenters. The van der Waals surface area contributed by atoms with E-state index in [1.165, 1.54) is 42.4 Å². The minimum absolute atomic E-state index is 0. The van der Waals surface area contributed by atoms with E-state index in [-0.39, 0.29) is 30.2 Å². The molecule has 5 aromatic rings. The third-order valence-electron chi connectivity index (χ3n) is 4.36. The molecule has 0 fully saturated rings. The predicted octanol–water partition coefficient (Wildman–Crippen LogP) is 2.13. The first-order valence-corrected chi connectivity index (χ1v) is 16.3. The number of hydrogen-bond donors (Lipinski definition) is 0. The van der Waals surface area contributed by atoms with Gasteiger partial charge >= 0.3 is 41.9 Å². The Morgan fingerprint density at radius 2 is 1.13 bits per heavy atom. The Morgan fingerprint density at radius 1 is 0.700 bits per heavy atom. The van der Waals surface area contributed by atoms with E-state index in [1.807, 2.05) is 0 Å². The minimum atomic E-state index is 0. The van der Waals surface area contributed by atoms with Gasteiger partial charge in [0.1, 0.15) is 0 Å². The summed E-state index contributed by atoms with van der Waals surface area (Å²) in [6, 6.07) is 29.9. The fraction of sp³-hybridized carbons (Fsp3) is 0.120. The Morgan fingerprint density at radius 3 is 1.63 bits per heavy atom. The second kappa shape index (κ2) is 13.0. The zero-order chi connectivity index (χ0) is 20.1. The van der Waals surface area contributed by atoms with E-state index in [0.29, 0.717) is 0 Å². The summed E-state index contributed by atoms with van der Waals surface area (Å²) in [6.07, 6.45) is 0. The van der Waals surface area contributed by atoms with Crippen LogP contribution >= 0.6 is 15.9 Å². The number of halogens is 3. The number of rotatable bonds is 0. The van der Waals surface area contributed by atoms with Crippen LogP contribution in [-0.2, 0) is 23.3 Å². The number of aryl methyl sites for hydroxylation is 1. The molecule has 0 heterocycles. The molecule has 0 aliphatic rings. The van der Waals surface area contributed by atoms with Crippen LogP contribution < -0.4 is 24.8 Å². The van der Waals surface area contributed by atoms with E-state index in [2.05, 4.69) is 121 Å². The molecule has 5 heteroatoms. The van der Waals surface area contributed by atoms with Crippen LogP contribution in [0.2, 0.25) is 13.1 Å². The quantitative estimate of drug-likeness (QED) is 0.191. The van der Waals surface area contributed by atoms with Gasteiger partial charge in [-0.2, -0.15) is 6.07 Å². The second-order valence-electron chi connectivity index (χ2n) is 7.09. The number of hydrogen-bond acceptors (Lipinski definition) is 0. The summed E-state index contributed by atoms with van der Waals surface area (Å²) >= 11 is 5.25.